The molecule has 0 aliphatic heterocycles. The van der Waals surface area contributed by atoms with E-state index in [1.807, 2.05) is 0 Å². The molecule has 0 atom stereocenters. The van der Waals surface area contributed by atoms with Gasteiger partial charge in [-0.25, -0.2) is 0 Å². The van der Waals surface area contributed by atoms with Crippen molar-refractivity contribution in [1.82, 2.24) is 4.57 Å². The minimum atomic E-state index is 1.09. The summed E-state index contributed by atoms with van der Waals surface area (Å²) in [6.45, 7) is 0. The molecular weight excluding hydrogens is 797 g/mol. The molecule has 0 amide bonds. The average molecular weight is 841 g/mol. The van der Waals surface area contributed by atoms with Gasteiger partial charge in [0.15, 0.2) is 0 Å². The molecular formula is C64H44N2. The minimum Gasteiger partial charge on any atom is -0.311 e. The molecule has 0 unspecified atom stereocenters. The Hall–Kier alpha value is -8.72. The second-order valence-electron chi connectivity index (χ2n) is 16.9. The topological polar surface area (TPSA) is 8.17 Å². The van der Waals surface area contributed by atoms with Crippen LogP contribution in [0.15, 0.2) is 267 Å². The van der Waals surface area contributed by atoms with Crippen LogP contribution in [0.25, 0.3) is 93.9 Å². The van der Waals surface area contributed by atoms with Crippen molar-refractivity contribution in [3.63, 3.8) is 0 Å². The highest BCUT2D eigenvalue weighted by Gasteiger charge is 2.20. The zero-order chi connectivity index (χ0) is 43.8. The second kappa shape index (κ2) is 16.8. The van der Waals surface area contributed by atoms with Crippen LogP contribution in [0.3, 0.4) is 0 Å². The molecule has 2 nitrogen and oxygen atoms in total. The Kier molecular flexibility index (Phi) is 9.89. The highest BCUT2D eigenvalue weighted by atomic mass is 15.1. The van der Waals surface area contributed by atoms with Crippen LogP contribution in [0.5, 0.6) is 0 Å². The molecule has 12 aromatic rings. The van der Waals surface area contributed by atoms with Gasteiger partial charge in [-0.3, -0.25) is 0 Å². The van der Waals surface area contributed by atoms with Crippen LogP contribution in [-0.4, -0.2) is 4.57 Å². The maximum Gasteiger partial charge on any atom is 0.0547 e. The predicted octanol–water partition coefficient (Wildman–Crippen LogP) is 17.7. The van der Waals surface area contributed by atoms with Crippen LogP contribution in [0, 0.1) is 0 Å². The highest BCUT2D eigenvalue weighted by Crippen LogP contribution is 2.44. The molecule has 12 rings (SSSR count). The summed E-state index contributed by atoms with van der Waals surface area (Å²) in [6.07, 6.45) is 0. The summed E-state index contributed by atoms with van der Waals surface area (Å²) in [5.41, 5.74) is 18.8. The lowest BCUT2D eigenvalue weighted by atomic mass is 9.91. The number of anilines is 3. The molecule has 310 valence electrons. The zero-order valence-electron chi connectivity index (χ0n) is 36.3. The fourth-order valence-electron chi connectivity index (χ4n) is 9.84. The molecule has 0 N–H and O–H groups in total. The predicted molar refractivity (Wildman–Crippen MR) is 280 cm³/mol. The summed E-state index contributed by atoms with van der Waals surface area (Å²) in [5.74, 6) is 0. The van der Waals surface area contributed by atoms with Crippen molar-refractivity contribution in [1.29, 1.82) is 0 Å². The van der Waals surface area contributed by atoms with E-state index >= 15 is 0 Å². The fourth-order valence-corrected chi connectivity index (χ4v) is 9.84. The normalized spacial score (nSPS) is 11.3. The molecule has 1 aromatic heterocycles. The molecule has 0 bridgehead atoms. The van der Waals surface area contributed by atoms with Crippen molar-refractivity contribution in [2.75, 3.05) is 4.90 Å². The third-order valence-corrected chi connectivity index (χ3v) is 13.0. The first-order chi connectivity index (χ1) is 32.7. The third-order valence-electron chi connectivity index (χ3n) is 13.0. The summed E-state index contributed by atoms with van der Waals surface area (Å²) < 4.78 is 2.45. The maximum absolute atomic E-state index is 2.45. The first-order valence-corrected chi connectivity index (χ1v) is 22.7. The Morgan fingerprint density at radius 3 is 1.20 bits per heavy atom. The van der Waals surface area contributed by atoms with Crippen molar-refractivity contribution in [3.05, 3.63) is 267 Å². The Bertz CT molecular complexity index is 3550. The van der Waals surface area contributed by atoms with Gasteiger partial charge in [0.1, 0.15) is 0 Å². The van der Waals surface area contributed by atoms with Gasteiger partial charge in [-0.1, -0.05) is 206 Å². The van der Waals surface area contributed by atoms with Gasteiger partial charge in [0.2, 0.25) is 0 Å². The van der Waals surface area contributed by atoms with E-state index in [-0.39, 0.29) is 0 Å². The average Bonchev–Trinajstić information content (AvgIpc) is 3.75. The maximum atomic E-state index is 2.45. The molecule has 1 heterocycles. The van der Waals surface area contributed by atoms with E-state index in [1.165, 1.54) is 82.6 Å². The highest BCUT2D eigenvalue weighted by molar-refractivity contribution is 6.25. The van der Waals surface area contributed by atoms with Crippen LogP contribution < -0.4 is 4.90 Å². The monoisotopic (exact) mass is 840 g/mol. The van der Waals surface area contributed by atoms with Crippen LogP contribution in [-0.2, 0) is 0 Å². The number of rotatable bonds is 9. The molecule has 0 saturated carbocycles. The van der Waals surface area contributed by atoms with Gasteiger partial charge in [-0.15, -0.1) is 0 Å². The number of hydrogen-bond acceptors (Lipinski definition) is 1. The lowest BCUT2D eigenvalue weighted by molar-refractivity contribution is 1.18. The van der Waals surface area contributed by atoms with Crippen molar-refractivity contribution in [2.24, 2.45) is 0 Å². The molecule has 11 aromatic carbocycles. The van der Waals surface area contributed by atoms with Gasteiger partial charge in [-0.05, 0) is 127 Å². The van der Waals surface area contributed by atoms with E-state index in [2.05, 4.69) is 276 Å². The summed E-state index contributed by atoms with van der Waals surface area (Å²) in [4.78, 5) is 2.34. The van der Waals surface area contributed by atoms with Gasteiger partial charge in [0, 0.05) is 33.5 Å². The number of fused-ring (bicyclic) bond motifs is 5. The van der Waals surface area contributed by atoms with Gasteiger partial charge in [0.05, 0.1) is 11.0 Å². The zero-order valence-corrected chi connectivity index (χ0v) is 36.3. The van der Waals surface area contributed by atoms with Crippen molar-refractivity contribution in [2.45, 2.75) is 0 Å². The molecule has 0 aliphatic rings. The third kappa shape index (κ3) is 7.02. The summed E-state index contributed by atoms with van der Waals surface area (Å²) in [6, 6.07) is 96.7. The Labute approximate surface area is 385 Å². The number of nitrogens with zero attached hydrogens (tertiary/aromatic N) is 2. The Morgan fingerprint density at radius 1 is 0.242 bits per heavy atom. The minimum absolute atomic E-state index is 1.09. The Balaban J connectivity index is 0.925. The van der Waals surface area contributed by atoms with Crippen LogP contribution in [0.2, 0.25) is 0 Å². The van der Waals surface area contributed by atoms with E-state index in [4.69, 9.17) is 0 Å². The first-order valence-electron chi connectivity index (χ1n) is 22.7. The SMILES string of the molecule is c1ccc(-c2ccc(N(c3ccc(-c4ccccc4)cc3)c3ccc(-c4ccc(-n5c6cccc(-c7ccccc7-c7ccccc7)c6c6c7ccccc7ccc65)cc4)cc3)cc2)cc1. The first kappa shape index (κ1) is 38.9. The number of aromatic nitrogens is 1. The molecule has 0 saturated heterocycles. The molecule has 0 spiro atoms. The molecule has 0 fully saturated rings. The fraction of sp³-hybridized carbons (Fsp3) is 0. The molecule has 2 heteroatoms. The molecule has 0 aliphatic carbocycles. The molecule has 66 heavy (non-hydrogen) atoms. The van der Waals surface area contributed by atoms with E-state index < -0.39 is 0 Å². The lowest BCUT2D eigenvalue weighted by Crippen LogP contribution is -2.09. The second-order valence-corrected chi connectivity index (χ2v) is 16.9. The van der Waals surface area contributed by atoms with Crippen LogP contribution >= 0.6 is 0 Å². The quantitative estimate of drug-likeness (QED) is 0.141. The van der Waals surface area contributed by atoms with E-state index in [0.29, 0.717) is 0 Å². The molecule has 0 radical (unpaired) electrons. The lowest BCUT2D eigenvalue weighted by Gasteiger charge is -2.26. The van der Waals surface area contributed by atoms with Gasteiger partial charge in [0.25, 0.3) is 0 Å². The number of benzene rings is 11. The van der Waals surface area contributed by atoms with Gasteiger partial charge >= 0.3 is 0 Å². The van der Waals surface area contributed by atoms with Crippen molar-refractivity contribution in [3.8, 4) is 61.3 Å². The van der Waals surface area contributed by atoms with Crippen molar-refractivity contribution >= 4 is 49.6 Å². The van der Waals surface area contributed by atoms with E-state index in [0.717, 1.165) is 28.3 Å². The largest absolute Gasteiger partial charge is 0.311 e. The summed E-state index contributed by atoms with van der Waals surface area (Å²) in [7, 11) is 0. The van der Waals surface area contributed by atoms with E-state index in [1.54, 1.807) is 0 Å². The number of hydrogen-bond donors (Lipinski definition) is 0. The van der Waals surface area contributed by atoms with E-state index in [9.17, 15) is 0 Å². The summed E-state index contributed by atoms with van der Waals surface area (Å²) in [5, 5.41) is 5.03. The van der Waals surface area contributed by atoms with Gasteiger partial charge in [-0.2, -0.15) is 0 Å². The van der Waals surface area contributed by atoms with Crippen LogP contribution in [0.4, 0.5) is 17.1 Å². The summed E-state index contributed by atoms with van der Waals surface area (Å²) >= 11 is 0. The Morgan fingerprint density at radius 2 is 0.652 bits per heavy atom. The standard InChI is InChI=1S/C64H44N2/c1-4-15-45(16-5-1)47-27-36-53(37-28-47)65(54-38-29-48(30-39-54)46-17-6-2-7-18-46)55-40-31-49(32-41-55)50-33-42-56(43-34-50)66-61-26-14-25-60(59-24-13-12-22-57(59)51-19-8-3-9-20-51)64(61)63-58-23-11-10-21-52(58)35-44-62(63)66/h1-44H. The van der Waals surface area contributed by atoms with Crippen molar-refractivity contribution < 1.29 is 0 Å². The van der Waals surface area contributed by atoms with Gasteiger partial charge < -0.3 is 9.47 Å². The smallest absolute Gasteiger partial charge is 0.0547 e. The van der Waals surface area contributed by atoms with Crippen LogP contribution in [0.1, 0.15) is 0 Å².